The average Bonchev–Trinajstić information content (AvgIpc) is 2.16. The molecule has 0 radical (unpaired) electrons. The third kappa shape index (κ3) is 2.61. The Balaban J connectivity index is 2.89. The number of halogens is 1. The summed E-state index contributed by atoms with van der Waals surface area (Å²) in [7, 11) is -0.480. The van der Waals surface area contributed by atoms with Gasteiger partial charge in [0.2, 0.25) is 0 Å². The molecule has 14 heavy (non-hydrogen) atoms. The van der Waals surface area contributed by atoms with Gasteiger partial charge in [0, 0.05) is 5.56 Å². The summed E-state index contributed by atoms with van der Waals surface area (Å²) in [6.45, 7) is -0.706. The van der Waals surface area contributed by atoms with E-state index in [0.717, 1.165) is 0 Å². The molecular weight excluding hydrogens is 190 g/mol. The van der Waals surface area contributed by atoms with Crippen molar-refractivity contribution in [1.82, 2.24) is 0 Å². The predicted octanol–water partition coefficient (Wildman–Crippen LogP) is 0.513. The van der Waals surface area contributed by atoms with Gasteiger partial charge in [-0.05, 0) is 18.2 Å². The first-order chi connectivity index (χ1) is 6.67. The summed E-state index contributed by atoms with van der Waals surface area (Å²) in [5.74, 6) is 0.570. The predicted molar refractivity (Wildman–Crippen MR) is 48.6 cm³/mol. The maximum atomic E-state index is 12.4. The Morgan fingerprint density at radius 3 is 2.64 bits per heavy atom. The Labute approximate surface area is 81.1 Å². The van der Waals surface area contributed by atoms with Gasteiger partial charge in [-0.2, -0.15) is 0 Å². The van der Waals surface area contributed by atoms with Gasteiger partial charge < -0.3 is 19.4 Å². The van der Waals surface area contributed by atoms with E-state index >= 15 is 0 Å². The number of benzene rings is 1. The van der Waals surface area contributed by atoms with Crippen LogP contribution >= 0.6 is 0 Å². The Kier molecular flexibility index (Phi) is 3.73. The van der Waals surface area contributed by atoms with Crippen LogP contribution in [0, 0.1) is 0 Å². The van der Waals surface area contributed by atoms with Crippen molar-refractivity contribution in [2.24, 2.45) is 0 Å². The third-order valence-electron chi connectivity index (χ3n) is 1.64. The monoisotopic (exact) mass is 200 g/mol. The molecule has 0 bridgehead atoms. The summed E-state index contributed by atoms with van der Waals surface area (Å²) in [4.78, 5) is 0. The van der Waals surface area contributed by atoms with E-state index in [0.29, 0.717) is 11.3 Å². The van der Waals surface area contributed by atoms with Gasteiger partial charge in [-0.15, -0.1) is 0 Å². The van der Waals surface area contributed by atoms with Crippen LogP contribution in [0.25, 0.3) is 0 Å². The van der Waals surface area contributed by atoms with Crippen LogP contribution in [-0.2, 0) is 6.67 Å². The molecule has 1 aromatic rings. The molecule has 0 saturated heterocycles. The number of methoxy groups -OCH3 is 1. The van der Waals surface area contributed by atoms with Gasteiger partial charge in [0.15, 0.2) is 0 Å². The highest BCUT2D eigenvalue weighted by molar-refractivity contribution is 6.33. The second-order valence-electron chi connectivity index (χ2n) is 2.55. The van der Waals surface area contributed by atoms with Crippen molar-refractivity contribution in [1.29, 1.82) is 0 Å². The lowest BCUT2D eigenvalue weighted by molar-refractivity contribution is 0.287. The van der Waals surface area contributed by atoms with Gasteiger partial charge in [-0.3, -0.25) is 0 Å². The van der Waals surface area contributed by atoms with Gasteiger partial charge in [-0.1, -0.05) is 0 Å². The fourth-order valence-corrected chi connectivity index (χ4v) is 1.05. The zero-order valence-electron chi connectivity index (χ0n) is 7.61. The fraction of sp³-hybridized carbons (Fsp3) is 0.250. The van der Waals surface area contributed by atoms with Gasteiger partial charge in [0.05, 0.1) is 7.11 Å². The molecule has 0 unspecified atom stereocenters. The molecule has 4 nitrogen and oxygen atoms in total. The summed E-state index contributed by atoms with van der Waals surface area (Å²) in [5, 5.41) is 17.0. The minimum atomic E-state index is -1.91. The second-order valence-corrected chi connectivity index (χ2v) is 2.55. The summed E-state index contributed by atoms with van der Waals surface area (Å²) < 4.78 is 21.9. The van der Waals surface area contributed by atoms with Crippen molar-refractivity contribution in [3.8, 4) is 11.5 Å². The summed E-state index contributed by atoms with van der Waals surface area (Å²) in [6.07, 6.45) is 0. The van der Waals surface area contributed by atoms with Crippen LogP contribution in [-0.4, -0.2) is 24.5 Å². The molecule has 1 aromatic carbocycles. The second kappa shape index (κ2) is 4.83. The van der Waals surface area contributed by atoms with Gasteiger partial charge in [-0.25, -0.2) is 4.39 Å². The molecule has 0 aliphatic carbocycles. The molecule has 1 rings (SSSR count). The first-order valence-corrected chi connectivity index (χ1v) is 3.93. The topological polar surface area (TPSA) is 58.9 Å². The summed E-state index contributed by atoms with van der Waals surface area (Å²) in [6, 6.07) is 4.29. The van der Waals surface area contributed by atoms with Crippen LogP contribution in [0.15, 0.2) is 18.2 Å². The number of hydrogen-bond donors (Lipinski definition) is 2. The Morgan fingerprint density at radius 1 is 1.43 bits per heavy atom. The molecule has 0 atom stereocenters. The largest absolute Gasteiger partial charge is 0.707 e. The van der Waals surface area contributed by atoms with Crippen LogP contribution in [0.4, 0.5) is 4.39 Å². The zero-order chi connectivity index (χ0) is 10.6. The third-order valence-corrected chi connectivity index (χ3v) is 1.64. The van der Waals surface area contributed by atoms with Crippen molar-refractivity contribution < 1.29 is 23.8 Å². The number of hydrogen-bond acceptors (Lipinski definition) is 4. The van der Waals surface area contributed by atoms with E-state index < -0.39 is 14.0 Å². The molecule has 2 N–H and O–H groups in total. The molecule has 0 heterocycles. The van der Waals surface area contributed by atoms with Crippen molar-refractivity contribution in [3.63, 3.8) is 0 Å². The van der Waals surface area contributed by atoms with Crippen molar-refractivity contribution in [2.45, 2.75) is 6.67 Å². The van der Waals surface area contributed by atoms with Gasteiger partial charge in [0.1, 0.15) is 18.2 Å². The molecule has 6 heteroatoms. The first-order valence-electron chi connectivity index (χ1n) is 3.93. The van der Waals surface area contributed by atoms with E-state index in [4.69, 9.17) is 14.8 Å². The highest BCUT2D eigenvalue weighted by atomic mass is 19.1. The maximum absolute atomic E-state index is 12.4. The standard InChI is InChI=1S/C8H10BFO4/c1-13-8-3-2-7(14-9(11)12)4-6(8)5-10/h2-4,11-12H,5H2,1H3. The minimum Gasteiger partial charge on any atom is -0.512 e. The van der Waals surface area contributed by atoms with Crippen LogP contribution in [0.2, 0.25) is 0 Å². The van der Waals surface area contributed by atoms with Crippen molar-refractivity contribution in [3.05, 3.63) is 23.8 Å². The Hall–Kier alpha value is -1.27. The lowest BCUT2D eigenvalue weighted by Gasteiger charge is -2.09. The maximum Gasteiger partial charge on any atom is 0.707 e. The first kappa shape index (κ1) is 10.8. The summed E-state index contributed by atoms with van der Waals surface area (Å²) in [5.41, 5.74) is 0.297. The average molecular weight is 200 g/mol. The molecule has 0 aromatic heterocycles. The highest BCUT2D eigenvalue weighted by Crippen LogP contribution is 2.24. The van der Waals surface area contributed by atoms with Gasteiger partial charge >= 0.3 is 7.32 Å². The smallest absolute Gasteiger partial charge is 0.512 e. The minimum absolute atomic E-state index is 0.174. The van der Waals surface area contributed by atoms with Crippen LogP contribution in [0.3, 0.4) is 0 Å². The van der Waals surface area contributed by atoms with Crippen LogP contribution in [0.1, 0.15) is 5.56 Å². The summed E-state index contributed by atoms with van der Waals surface area (Å²) >= 11 is 0. The number of rotatable bonds is 4. The SMILES string of the molecule is COc1ccc(OB(O)O)cc1CF. The molecule has 76 valence electrons. The van der Waals surface area contributed by atoms with E-state index in [1.54, 1.807) is 0 Å². The lowest BCUT2D eigenvalue weighted by Crippen LogP contribution is -2.20. The Morgan fingerprint density at radius 2 is 2.14 bits per heavy atom. The van der Waals surface area contributed by atoms with E-state index in [9.17, 15) is 4.39 Å². The fourth-order valence-electron chi connectivity index (χ4n) is 1.05. The molecule has 0 spiro atoms. The van der Waals surface area contributed by atoms with Crippen LogP contribution in [0.5, 0.6) is 11.5 Å². The molecule has 0 aliphatic heterocycles. The number of alkyl halides is 1. The van der Waals surface area contributed by atoms with Gasteiger partial charge in [0.25, 0.3) is 0 Å². The van der Waals surface area contributed by atoms with Crippen LogP contribution < -0.4 is 9.39 Å². The highest BCUT2D eigenvalue weighted by Gasteiger charge is 2.12. The lowest BCUT2D eigenvalue weighted by atomic mass is 10.2. The van der Waals surface area contributed by atoms with E-state index in [2.05, 4.69) is 4.65 Å². The molecular formula is C8H10BFO4. The van der Waals surface area contributed by atoms with Crippen molar-refractivity contribution in [2.75, 3.05) is 7.11 Å². The molecule has 0 aliphatic rings. The van der Waals surface area contributed by atoms with E-state index in [1.807, 2.05) is 0 Å². The zero-order valence-corrected chi connectivity index (χ0v) is 7.61. The quantitative estimate of drug-likeness (QED) is 0.695. The Bertz CT molecular complexity index is 305. The molecule has 0 saturated carbocycles. The van der Waals surface area contributed by atoms with E-state index in [1.165, 1.54) is 25.3 Å². The van der Waals surface area contributed by atoms with Crippen molar-refractivity contribution >= 4 is 7.32 Å². The number of ether oxygens (including phenoxy) is 1. The van der Waals surface area contributed by atoms with E-state index in [-0.39, 0.29) is 5.75 Å². The normalized spacial score (nSPS) is 9.71. The molecule has 0 amide bonds. The molecule has 0 fully saturated rings.